The summed E-state index contributed by atoms with van der Waals surface area (Å²) in [7, 11) is -3.69. The van der Waals surface area contributed by atoms with E-state index in [1.807, 2.05) is 6.92 Å². The first-order valence-corrected chi connectivity index (χ1v) is 11.7. The van der Waals surface area contributed by atoms with Crippen LogP contribution < -0.4 is 5.32 Å². The van der Waals surface area contributed by atoms with Gasteiger partial charge in [0.15, 0.2) is 15.6 Å². The lowest BCUT2D eigenvalue weighted by atomic mass is 9.97. The van der Waals surface area contributed by atoms with Crippen molar-refractivity contribution in [2.24, 2.45) is 11.3 Å². The summed E-state index contributed by atoms with van der Waals surface area (Å²) in [6.07, 6.45) is -2.94. The summed E-state index contributed by atoms with van der Waals surface area (Å²) in [5.41, 5.74) is 0.541. The standard InChI is InChI=1S/C21H30F3NO3S/c1-14(2)12-29(27,28)13-17(18(26)11-20(4)9-10-20)25-19(21(22,23)24)16-7-5-15(3)6-8-16/h5-8,14,17,19,25H,9-13H2,1-4H3/t17-,19-/m0/s1. The number of carbonyl (C=O) groups excluding carboxylic acids is 1. The van der Waals surface area contributed by atoms with Gasteiger partial charge in [0.2, 0.25) is 0 Å². The molecule has 0 aromatic heterocycles. The molecule has 164 valence electrons. The van der Waals surface area contributed by atoms with Gasteiger partial charge in [-0.3, -0.25) is 10.1 Å². The first-order chi connectivity index (χ1) is 13.2. The largest absolute Gasteiger partial charge is 0.407 e. The van der Waals surface area contributed by atoms with E-state index in [0.29, 0.717) is 0 Å². The third kappa shape index (κ3) is 7.41. The van der Waals surface area contributed by atoms with Gasteiger partial charge in [-0.2, -0.15) is 13.2 Å². The van der Waals surface area contributed by atoms with E-state index in [1.165, 1.54) is 12.1 Å². The molecule has 1 fully saturated rings. The van der Waals surface area contributed by atoms with Crippen LogP contribution in [-0.2, 0) is 14.6 Å². The number of Topliss-reactive ketones (excluding diaryl/α,β-unsaturated/α-hetero) is 1. The number of halogens is 3. The van der Waals surface area contributed by atoms with Crippen LogP contribution in [0.25, 0.3) is 0 Å². The number of ketones is 1. The van der Waals surface area contributed by atoms with Gasteiger partial charge in [-0.1, -0.05) is 50.6 Å². The van der Waals surface area contributed by atoms with Gasteiger partial charge >= 0.3 is 6.18 Å². The average Bonchev–Trinajstić information content (AvgIpc) is 3.26. The second kappa shape index (κ2) is 8.76. The molecule has 2 atom stereocenters. The van der Waals surface area contributed by atoms with Crippen molar-refractivity contribution in [1.29, 1.82) is 0 Å². The summed E-state index contributed by atoms with van der Waals surface area (Å²) in [6, 6.07) is 2.32. The fourth-order valence-corrected chi connectivity index (χ4v) is 5.28. The number of rotatable bonds is 10. The Balaban J connectivity index is 2.31. The molecule has 1 saturated carbocycles. The zero-order valence-corrected chi connectivity index (χ0v) is 18.2. The molecule has 0 saturated heterocycles. The number of sulfone groups is 1. The van der Waals surface area contributed by atoms with Crippen LogP contribution in [0.5, 0.6) is 0 Å². The summed E-state index contributed by atoms with van der Waals surface area (Å²) in [5.74, 6) is -1.44. The number of carbonyl (C=O) groups is 1. The van der Waals surface area contributed by atoms with Crippen LogP contribution in [0.3, 0.4) is 0 Å². The van der Waals surface area contributed by atoms with Gasteiger partial charge < -0.3 is 0 Å². The minimum atomic E-state index is -4.67. The number of alkyl halides is 3. The molecular weight excluding hydrogens is 403 g/mol. The first kappa shape index (κ1) is 23.9. The van der Waals surface area contributed by atoms with Gasteiger partial charge in [0.1, 0.15) is 6.04 Å². The molecule has 1 N–H and O–H groups in total. The van der Waals surface area contributed by atoms with Gasteiger partial charge in [0, 0.05) is 6.42 Å². The maximum Gasteiger partial charge on any atom is 0.407 e. The summed E-state index contributed by atoms with van der Waals surface area (Å²) in [6.45, 7) is 7.10. The minimum absolute atomic E-state index is 0.0419. The molecule has 1 aromatic carbocycles. The second-order valence-electron chi connectivity index (χ2n) is 9.03. The summed E-state index contributed by atoms with van der Waals surface area (Å²) >= 11 is 0. The van der Waals surface area contributed by atoms with Crippen molar-refractivity contribution < 1.29 is 26.4 Å². The highest BCUT2D eigenvalue weighted by Gasteiger charge is 2.45. The molecule has 0 aliphatic heterocycles. The van der Waals surface area contributed by atoms with E-state index in [1.54, 1.807) is 32.9 Å². The number of benzene rings is 1. The molecule has 0 bridgehead atoms. The zero-order valence-electron chi connectivity index (χ0n) is 17.3. The summed E-state index contributed by atoms with van der Waals surface area (Å²) < 4.78 is 66.4. The summed E-state index contributed by atoms with van der Waals surface area (Å²) in [5, 5.41) is 2.36. The molecule has 0 heterocycles. The van der Waals surface area contributed by atoms with Crippen molar-refractivity contribution in [2.45, 2.75) is 65.2 Å². The number of aryl methyl sites for hydroxylation is 1. The maximum atomic E-state index is 13.8. The third-order valence-electron chi connectivity index (χ3n) is 5.21. The Labute approximate surface area is 171 Å². The van der Waals surface area contributed by atoms with Crippen molar-refractivity contribution in [2.75, 3.05) is 11.5 Å². The monoisotopic (exact) mass is 433 g/mol. The minimum Gasteiger partial charge on any atom is -0.298 e. The van der Waals surface area contributed by atoms with Crippen molar-refractivity contribution in [3.8, 4) is 0 Å². The molecule has 29 heavy (non-hydrogen) atoms. The van der Waals surface area contributed by atoms with Crippen molar-refractivity contribution in [3.63, 3.8) is 0 Å². The lowest BCUT2D eigenvalue weighted by Gasteiger charge is -2.28. The van der Waals surface area contributed by atoms with Crippen molar-refractivity contribution >= 4 is 15.6 Å². The van der Waals surface area contributed by atoms with E-state index < -0.39 is 39.6 Å². The number of hydrogen-bond donors (Lipinski definition) is 1. The molecule has 1 aliphatic rings. The van der Waals surface area contributed by atoms with Crippen LogP contribution in [-0.4, -0.2) is 37.9 Å². The Kier molecular flexibility index (Phi) is 7.21. The predicted octanol–water partition coefficient (Wildman–Crippen LogP) is 4.39. The van der Waals surface area contributed by atoms with Crippen LogP contribution >= 0.6 is 0 Å². The Bertz CT molecular complexity index is 813. The predicted molar refractivity (Wildman–Crippen MR) is 107 cm³/mol. The average molecular weight is 434 g/mol. The van der Waals surface area contributed by atoms with E-state index in [-0.39, 0.29) is 29.1 Å². The van der Waals surface area contributed by atoms with E-state index in [9.17, 15) is 26.4 Å². The second-order valence-corrected chi connectivity index (χ2v) is 11.2. The lowest BCUT2D eigenvalue weighted by molar-refractivity contribution is -0.160. The molecular formula is C21H30F3NO3S. The van der Waals surface area contributed by atoms with Gasteiger partial charge in [0.05, 0.1) is 17.5 Å². The van der Waals surface area contributed by atoms with Gasteiger partial charge in [-0.05, 0) is 36.7 Å². The molecule has 8 heteroatoms. The smallest absolute Gasteiger partial charge is 0.298 e. The van der Waals surface area contributed by atoms with Gasteiger partial charge in [0.25, 0.3) is 0 Å². The molecule has 0 radical (unpaired) electrons. The van der Waals surface area contributed by atoms with Crippen LogP contribution in [0.1, 0.15) is 57.2 Å². The maximum absolute atomic E-state index is 13.8. The molecule has 0 spiro atoms. The first-order valence-electron chi connectivity index (χ1n) is 9.83. The van der Waals surface area contributed by atoms with E-state index in [2.05, 4.69) is 5.32 Å². The van der Waals surface area contributed by atoms with Crippen LogP contribution in [0, 0.1) is 18.3 Å². The Morgan fingerprint density at radius 3 is 2.14 bits per heavy atom. The molecule has 4 nitrogen and oxygen atoms in total. The SMILES string of the molecule is Cc1ccc([C@H](N[C@@H](CS(=O)(=O)CC(C)C)C(=O)CC2(C)CC2)C(F)(F)F)cc1. The van der Waals surface area contributed by atoms with Crippen LogP contribution in [0.4, 0.5) is 13.2 Å². The number of nitrogens with one attached hydrogen (secondary N) is 1. The molecule has 1 aliphatic carbocycles. The molecule has 1 aromatic rings. The van der Waals surface area contributed by atoms with E-state index in [4.69, 9.17) is 0 Å². The molecule has 0 amide bonds. The van der Waals surface area contributed by atoms with Crippen molar-refractivity contribution in [3.05, 3.63) is 35.4 Å². The quantitative estimate of drug-likeness (QED) is 0.595. The fourth-order valence-electron chi connectivity index (χ4n) is 3.34. The van der Waals surface area contributed by atoms with Gasteiger partial charge in [-0.25, -0.2) is 8.42 Å². The van der Waals surface area contributed by atoms with E-state index >= 15 is 0 Å². The molecule has 2 rings (SSSR count). The lowest BCUT2D eigenvalue weighted by Crippen LogP contribution is -2.49. The third-order valence-corrected chi connectivity index (χ3v) is 7.22. The normalized spacial score (nSPS) is 18.5. The van der Waals surface area contributed by atoms with Crippen molar-refractivity contribution in [1.82, 2.24) is 5.32 Å². The Morgan fingerprint density at radius 2 is 1.69 bits per heavy atom. The van der Waals surface area contributed by atoms with Gasteiger partial charge in [-0.15, -0.1) is 0 Å². The van der Waals surface area contributed by atoms with Crippen LogP contribution in [0.15, 0.2) is 24.3 Å². The summed E-state index contributed by atoms with van der Waals surface area (Å²) in [4.78, 5) is 12.8. The highest BCUT2D eigenvalue weighted by atomic mass is 32.2. The highest BCUT2D eigenvalue weighted by Crippen LogP contribution is 2.48. The fraction of sp³-hybridized carbons (Fsp3) is 0.667. The van der Waals surface area contributed by atoms with E-state index in [0.717, 1.165) is 18.4 Å². The Hall–Kier alpha value is -1.41. The Morgan fingerprint density at radius 1 is 1.14 bits per heavy atom. The topological polar surface area (TPSA) is 63.2 Å². The zero-order chi connectivity index (χ0) is 22.0. The highest BCUT2D eigenvalue weighted by molar-refractivity contribution is 7.91. The number of hydrogen-bond acceptors (Lipinski definition) is 4. The van der Waals surface area contributed by atoms with Crippen LogP contribution in [0.2, 0.25) is 0 Å². The molecule has 0 unspecified atom stereocenters.